The smallest absolute Gasteiger partial charge is 0.224 e. The molecule has 0 radical (unpaired) electrons. The molecule has 7 aromatic rings. The lowest BCUT2D eigenvalue weighted by molar-refractivity contribution is -0.643. The van der Waals surface area contributed by atoms with E-state index in [1.165, 1.54) is 87.9 Å². The molecule has 0 bridgehead atoms. The Morgan fingerprint density at radius 1 is 0.711 bits per heavy atom. The summed E-state index contributed by atoms with van der Waals surface area (Å²) in [5, 5.41) is 6.72. The van der Waals surface area contributed by atoms with Crippen molar-refractivity contribution in [1.29, 1.82) is 0 Å². The first-order valence-electron chi connectivity index (χ1n) is 17.0. The Labute approximate surface area is 269 Å². The van der Waals surface area contributed by atoms with Crippen molar-refractivity contribution in [1.82, 2.24) is 4.40 Å². The normalized spacial score (nSPS) is 13.0. The zero-order valence-corrected chi connectivity index (χ0v) is 29.2. The fourth-order valence-electron chi connectivity index (χ4n) is 7.92. The molecule has 3 heterocycles. The van der Waals surface area contributed by atoms with Gasteiger partial charge in [0, 0.05) is 16.8 Å². The van der Waals surface area contributed by atoms with Crippen LogP contribution in [0.4, 0.5) is 0 Å². The highest BCUT2D eigenvalue weighted by Gasteiger charge is 2.26. The lowest BCUT2D eigenvalue weighted by atomic mass is 9.81. The van der Waals surface area contributed by atoms with Crippen LogP contribution < -0.4 is 4.57 Å². The van der Waals surface area contributed by atoms with Crippen molar-refractivity contribution < 1.29 is 4.57 Å². The number of hydrogen-bond donors (Lipinski definition) is 0. The van der Waals surface area contributed by atoms with E-state index in [0.717, 1.165) is 6.42 Å². The summed E-state index contributed by atoms with van der Waals surface area (Å²) in [5.74, 6) is 1.35. The Balaban J connectivity index is 1.69. The monoisotopic (exact) mass is 593 g/mol. The summed E-state index contributed by atoms with van der Waals surface area (Å²) in [6, 6.07) is 24.2. The SMILES string of the molecule is Cc1ccc2c3cc(CC(C)(C)C)ccc3n3c4cc(-c5c(C(C)C)cc(C(C)C)cc5C(C)C)cc5cc[n+](C)c(c1c23)c54. The van der Waals surface area contributed by atoms with Gasteiger partial charge < -0.3 is 4.40 Å². The van der Waals surface area contributed by atoms with Gasteiger partial charge in [0.05, 0.1) is 27.3 Å². The zero-order valence-electron chi connectivity index (χ0n) is 29.2. The molecule has 0 saturated carbocycles. The van der Waals surface area contributed by atoms with E-state index in [1.54, 1.807) is 0 Å². The van der Waals surface area contributed by atoms with Crippen molar-refractivity contribution in [3.05, 3.63) is 94.7 Å². The first-order chi connectivity index (χ1) is 21.2. The summed E-state index contributed by atoms with van der Waals surface area (Å²) in [4.78, 5) is 0. The van der Waals surface area contributed by atoms with E-state index in [0.29, 0.717) is 17.8 Å². The molecule has 230 valence electrons. The second-order valence-corrected chi connectivity index (χ2v) is 15.9. The predicted octanol–water partition coefficient (Wildman–Crippen LogP) is 11.7. The van der Waals surface area contributed by atoms with E-state index in [-0.39, 0.29) is 5.41 Å². The van der Waals surface area contributed by atoms with E-state index in [4.69, 9.17) is 0 Å². The van der Waals surface area contributed by atoms with Crippen molar-refractivity contribution in [3.63, 3.8) is 0 Å². The number of hydrogen-bond acceptors (Lipinski definition) is 0. The average molecular weight is 594 g/mol. The first-order valence-corrected chi connectivity index (χ1v) is 17.0. The molecule has 0 saturated heterocycles. The summed E-state index contributed by atoms with van der Waals surface area (Å²) >= 11 is 0. The van der Waals surface area contributed by atoms with Crippen molar-refractivity contribution in [2.24, 2.45) is 12.5 Å². The standard InChI is InChI=1S/C43H49N2/c1-24(2)30-20-33(25(3)4)39(34(21-30)26(5)6)31-19-29-16-17-44(11)42-38-27(7)12-14-32-35-18-28(23-43(8,9)10)13-15-36(35)45(41(32)38)37(22-31)40(29)42/h12-22,24-26H,23H2,1-11H3/q+1. The maximum atomic E-state index is 2.60. The van der Waals surface area contributed by atoms with E-state index < -0.39 is 0 Å². The van der Waals surface area contributed by atoms with Gasteiger partial charge in [-0.1, -0.05) is 92.6 Å². The van der Waals surface area contributed by atoms with Crippen LogP contribution >= 0.6 is 0 Å². The molecular weight excluding hydrogens is 544 g/mol. The van der Waals surface area contributed by atoms with Gasteiger partial charge in [-0.3, -0.25) is 0 Å². The van der Waals surface area contributed by atoms with Crippen LogP contribution in [0.2, 0.25) is 0 Å². The van der Waals surface area contributed by atoms with Gasteiger partial charge >= 0.3 is 0 Å². The third-order valence-corrected chi connectivity index (χ3v) is 10.1. The molecule has 3 aromatic heterocycles. The Hall–Kier alpha value is -3.91. The minimum Gasteiger partial charge on any atom is -0.307 e. The molecular formula is C43H49N2+. The summed E-state index contributed by atoms with van der Waals surface area (Å²) in [5.41, 5.74) is 15.3. The van der Waals surface area contributed by atoms with Crippen molar-refractivity contribution >= 4 is 49.0 Å². The summed E-state index contributed by atoms with van der Waals surface area (Å²) in [6.07, 6.45) is 3.32. The lowest BCUT2D eigenvalue weighted by Gasteiger charge is -2.24. The largest absolute Gasteiger partial charge is 0.307 e. The quantitative estimate of drug-likeness (QED) is 0.107. The number of aryl methyl sites for hydroxylation is 2. The molecule has 0 N–H and O–H groups in total. The van der Waals surface area contributed by atoms with Crippen molar-refractivity contribution in [2.75, 3.05) is 0 Å². The Morgan fingerprint density at radius 2 is 1.40 bits per heavy atom. The molecule has 0 aliphatic heterocycles. The molecule has 2 nitrogen and oxygen atoms in total. The Kier molecular flexibility index (Phi) is 6.82. The number of pyridine rings is 2. The highest BCUT2D eigenvalue weighted by molar-refractivity contribution is 6.26. The minimum absolute atomic E-state index is 0.236. The highest BCUT2D eigenvalue weighted by atomic mass is 15.0. The van der Waals surface area contributed by atoms with Crippen LogP contribution in [0.1, 0.15) is 108 Å². The van der Waals surface area contributed by atoms with Crippen LogP contribution in [0.5, 0.6) is 0 Å². The van der Waals surface area contributed by atoms with Gasteiger partial charge in [-0.05, 0) is 105 Å². The van der Waals surface area contributed by atoms with Crippen LogP contribution in [0.25, 0.3) is 60.1 Å². The molecule has 45 heavy (non-hydrogen) atoms. The number of fused-ring (bicyclic) bond motifs is 5. The van der Waals surface area contributed by atoms with Gasteiger partial charge in [0.2, 0.25) is 5.52 Å². The van der Waals surface area contributed by atoms with Crippen LogP contribution in [0, 0.1) is 12.3 Å². The van der Waals surface area contributed by atoms with Gasteiger partial charge in [0.1, 0.15) is 7.05 Å². The van der Waals surface area contributed by atoms with Crippen LogP contribution in [0.3, 0.4) is 0 Å². The van der Waals surface area contributed by atoms with Crippen LogP contribution in [-0.4, -0.2) is 4.40 Å². The minimum atomic E-state index is 0.236. The molecule has 0 fully saturated rings. The zero-order chi connectivity index (χ0) is 32.1. The average Bonchev–Trinajstić information content (AvgIpc) is 3.29. The maximum Gasteiger partial charge on any atom is 0.224 e. The molecule has 0 atom stereocenters. The molecule has 0 unspecified atom stereocenters. The fourth-order valence-corrected chi connectivity index (χ4v) is 7.92. The summed E-state index contributed by atoms with van der Waals surface area (Å²) in [6.45, 7) is 23.3. The first kappa shape index (κ1) is 29.8. The number of benzene rings is 4. The second kappa shape index (κ2) is 10.3. The number of nitrogens with zero attached hydrogens (tertiary/aromatic N) is 2. The molecule has 2 heteroatoms. The maximum absolute atomic E-state index is 2.60. The third kappa shape index (κ3) is 4.63. The van der Waals surface area contributed by atoms with Gasteiger partial charge in [-0.25, -0.2) is 4.57 Å². The van der Waals surface area contributed by atoms with Crippen LogP contribution in [0.15, 0.2) is 66.9 Å². The van der Waals surface area contributed by atoms with E-state index in [2.05, 4.69) is 152 Å². The number of rotatable bonds is 5. The van der Waals surface area contributed by atoms with Crippen LogP contribution in [-0.2, 0) is 13.5 Å². The predicted molar refractivity (Wildman–Crippen MR) is 195 cm³/mol. The van der Waals surface area contributed by atoms with E-state index >= 15 is 0 Å². The third-order valence-electron chi connectivity index (χ3n) is 10.1. The summed E-state index contributed by atoms with van der Waals surface area (Å²) in [7, 11) is 2.21. The van der Waals surface area contributed by atoms with E-state index in [9.17, 15) is 0 Å². The summed E-state index contributed by atoms with van der Waals surface area (Å²) < 4.78 is 4.94. The Morgan fingerprint density at radius 3 is 2.02 bits per heavy atom. The fraction of sp³-hybridized carbons (Fsp3) is 0.372. The van der Waals surface area contributed by atoms with Gasteiger partial charge in [0.25, 0.3) is 0 Å². The lowest BCUT2D eigenvalue weighted by Crippen LogP contribution is -2.28. The molecule has 0 aliphatic carbocycles. The topological polar surface area (TPSA) is 8.29 Å². The molecule has 7 rings (SSSR count). The van der Waals surface area contributed by atoms with Gasteiger partial charge in [-0.2, -0.15) is 0 Å². The molecule has 0 amide bonds. The van der Waals surface area contributed by atoms with Gasteiger partial charge in [0.15, 0.2) is 6.20 Å². The molecule has 0 spiro atoms. The van der Waals surface area contributed by atoms with Crippen molar-refractivity contribution in [2.45, 2.75) is 93.4 Å². The highest BCUT2D eigenvalue weighted by Crippen LogP contribution is 2.45. The van der Waals surface area contributed by atoms with Gasteiger partial charge in [-0.15, -0.1) is 0 Å². The molecule has 0 aliphatic rings. The van der Waals surface area contributed by atoms with Crippen molar-refractivity contribution in [3.8, 4) is 11.1 Å². The molecule has 4 aromatic carbocycles. The second-order valence-electron chi connectivity index (χ2n) is 15.9. The van der Waals surface area contributed by atoms with E-state index in [1.807, 2.05) is 0 Å². The Bertz CT molecular complexity index is 2240. The number of aromatic nitrogens is 2.